The van der Waals surface area contributed by atoms with Gasteiger partial charge in [0.1, 0.15) is 13.2 Å². The zero-order valence-electron chi connectivity index (χ0n) is 16.7. The molecule has 0 saturated carbocycles. The van der Waals surface area contributed by atoms with Crippen molar-refractivity contribution in [1.29, 1.82) is 0 Å². The molecule has 0 radical (unpaired) electrons. The first kappa shape index (κ1) is 24.0. The highest BCUT2D eigenvalue weighted by molar-refractivity contribution is 5.85. The summed E-state index contributed by atoms with van der Waals surface area (Å²) in [5.41, 5.74) is -0.350. The average Bonchev–Trinajstić information content (AvgIpc) is 2.47. The van der Waals surface area contributed by atoms with E-state index in [4.69, 9.17) is 14.2 Å². The summed E-state index contributed by atoms with van der Waals surface area (Å²) in [6.07, 6.45) is 0. The third-order valence-electron chi connectivity index (χ3n) is 3.15. The van der Waals surface area contributed by atoms with Gasteiger partial charge in [-0.3, -0.25) is 9.59 Å². The van der Waals surface area contributed by atoms with Gasteiger partial charge in [-0.05, 0) is 20.8 Å². The predicted molar refractivity (Wildman–Crippen MR) is 97.7 cm³/mol. The van der Waals surface area contributed by atoms with Crippen LogP contribution in [0, 0.1) is 5.41 Å². The van der Waals surface area contributed by atoms with Gasteiger partial charge in [0.25, 0.3) is 0 Å². The van der Waals surface area contributed by atoms with Crippen LogP contribution in [0.5, 0.6) is 0 Å². The number of Topliss-reactive ketones (excluding diaryl/α,β-unsaturated/α-hetero) is 1. The average molecular weight is 360 g/mol. The molecule has 0 spiro atoms. The van der Waals surface area contributed by atoms with Gasteiger partial charge in [-0.1, -0.05) is 20.8 Å². The first-order chi connectivity index (χ1) is 11.5. The molecule has 0 aromatic carbocycles. The molecule has 0 aliphatic rings. The summed E-state index contributed by atoms with van der Waals surface area (Å²) in [4.78, 5) is 23.2. The van der Waals surface area contributed by atoms with Gasteiger partial charge in [0.2, 0.25) is 5.91 Å². The number of carbonyl (C=O) groups excluding carboxylic acids is 2. The van der Waals surface area contributed by atoms with Crippen LogP contribution < -0.4 is 10.6 Å². The molecule has 0 aromatic heterocycles. The summed E-state index contributed by atoms with van der Waals surface area (Å²) in [5.74, 6) is -0.281. The van der Waals surface area contributed by atoms with E-state index in [1.807, 2.05) is 20.8 Å². The van der Waals surface area contributed by atoms with Crippen LogP contribution in [0.25, 0.3) is 0 Å². The third-order valence-corrected chi connectivity index (χ3v) is 3.15. The van der Waals surface area contributed by atoms with Crippen LogP contribution in [0.15, 0.2) is 0 Å². The lowest BCUT2D eigenvalue weighted by molar-refractivity contribution is -0.134. The molecule has 0 atom stereocenters. The third kappa shape index (κ3) is 16.2. The van der Waals surface area contributed by atoms with Crippen molar-refractivity contribution in [2.45, 2.75) is 47.1 Å². The van der Waals surface area contributed by atoms with Crippen LogP contribution in [-0.2, 0) is 23.8 Å². The highest BCUT2D eigenvalue weighted by Gasteiger charge is 2.21. The summed E-state index contributed by atoms with van der Waals surface area (Å²) >= 11 is 0. The number of rotatable bonds is 13. The van der Waals surface area contributed by atoms with E-state index in [2.05, 4.69) is 31.4 Å². The monoisotopic (exact) mass is 360 g/mol. The van der Waals surface area contributed by atoms with Crippen molar-refractivity contribution in [3.8, 4) is 0 Å². The van der Waals surface area contributed by atoms with Gasteiger partial charge < -0.3 is 24.8 Å². The van der Waals surface area contributed by atoms with Crippen molar-refractivity contribution in [2.75, 3.05) is 52.7 Å². The Kier molecular flexibility index (Phi) is 11.8. The van der Waals surface area contributed by atoms with Crippen molar-refractivity contribution >= 4 is 11.7 Å². The molecule has 1 amide bonds. The molecule has 7 nitrogen and oxygen atoms in total. The summed E-state index contributed by atoms with van der Waals surface area (Å²) in [6.45, 7) is 14.9. The van der Waals surface area contributed by atoms with Gasteiger partial charge in [0.15, 0.2) is 5.78 Å². The molecule has 7 heteroatoms. The fourth-order valence-electron chi connectivity index (χ4n) is 1.59. The smallest absolute Gasteiger partial charge is 0.246 e. The Balaban J connectivity index is 3.40. The van der Waals surface area contributed by atoms with Gasteiger partial charge in [0.05, 0.1) is 26.4 Å². The Bertz CT molecular complexity index is 386. The molecule has 25 heavy (non-hydrogen) atoms. The van der Waals surface area contributed by atoms with E-state index in [0.29, 0.717) is 33.0 Å². The maximum Gasteiger partial charge on any atom is 0.246 e. The second-order valence-electron chi connectivity index (χ2n) is 7.92. The van der Waals surface area contributed by atoms with Gasteiger partial charge >= 0.3 is 0 Å². The molecule has 0 heterocycles. The Morgan fingerprint density at radius 3 is 1.84 bits per heavy atom. The van der Waals surface area contributed by atoms with E-state index in [0.717, 1.165) is 6.54 Å². The normalized spacial score (nSPS) is 12.2. The largest absolute Gasteiger partial charge is 0.378 e. The lowest BCUT2D eigenvalue weighted by Crippen LogP contribution is -2.38. The van der Waals surface area contributed by atoms with Gasteiger partial charge in [-0.25, -0.2) is 0 Å². The van der Waals surface area contributed by atoms with Crippen LogP contribution in [0.1, 0.15) is 41.5 Å². The number of ketones is 1. The molecule has 0 aliphatic heterocycles. The standard InChI is InChI=1S/C18H36N2O5/c1-17(2,3)15(21)13-25-14-16(22)19-7-9-23-11-12-24-10-8-20-18(4,5)6/h20H,7-14H2,1-6H3,(H,19,22). The molecular formula is C18H36N2O5. The molecule has 0 rings (SSSR count). The van der Waals surface area contributed by atoms with E-state index in [1.165, 1.54) is 0 Å². The minimum absolute atomic E-state index is 0.0265. The second-order valence-corrected chi connectivity index (χ2v) is 7.92. The molecule has 0 aliphatic carbocycles. The zero-order chi connectivity index (χ0) is 19.3. The Morgan fingerprint density at radius 1 is 0.760 bits per heavy atom. The lowest BCUT2D eigenvalue weighted by Gasteiger charge is -2.20. The molecule has 0 saturated heterocycles. The maximum atomic E-state index is 11.6. The van der Waals surface area contributed by atoms with E-state index >= 15 is 0 Å². The summed E-state index contributed by atoms with van der Waals surface area (Å²) in [7, 11) is 0. The first-order valence-electron chi connectivity index (χ1n) is 8.80. The molecular weight excluding hydrogens is 324 g/mol. The predicted octanol–water partition coefficient (Wildman–Crippen LogP) is 1.16. The van der Waals surface area contributed by atoms with Crippen molar-refractivity contribution in [3.05, 3.63) is 0 Å². The number of hydrogen-bond donors (Lipinski definition) is 2. The van der Waals surface area contributed by atoms with Crippen molar-refractivity contribution in [1.82, 2.24) is 10.6 Å². The molecule has 2 N–H and O–H groups in total. The van der Waals surface area contributed by atoms with E-state index in [9.17, 15) is 9.59 Å². The van der Waals surface area contributed by atoms with E-state index < -0.39 is 5.41 Å². The number of amides is 1. The second kappa shape index (κ2) is 12.4. The minimum atomic E-state index is -0.449. The van der Waals surface area contributed by atoms with Crippen molar-refractivity contribution < 1.29 is 23.8 Å². The van der Waals surface area contributed by atoms with E-state index in [1.54, 1.807) is 0 Å². The number of ether oxygens (including phenoxy) is 3. The van der Waals surface area contributed by atoms with Crippen molar-refractivity contribution in [2.24, 2.45) is 5.41 Å². The van der Waals surface area contributed by atoms with Crippen molar-refractivity contribution in [3.63, 3.8) is 0 Å². The Hall–Kier alpha value is -1.02. The SMILES string of the molecule is CC(C)(C)NCCOCCOCCNC(=O)COCC(=O)C(C)(C)C. The molecule has 0 unspecified atom stereocenters. The molecule has 0 fully saturated rings. The van der Waals surface area contributed by atoms with Crippen LogP contribution in [-0.4, -0.2) is 70.0 Å². The van der Waals surface area contributed by atoms with Crippen LogP contribution in [0.3, 0.4) is 0 Å². The van der Waals surface area contributed by atoms with Gasteiger partial charge in [-0.15, -0.1) is 0 Å². The van der Waals surface area contributed by atoms with Crippen LogP contribution in [0.4, 0.5) is 0 Å². The topological polar surface area (TPSA) is 85.9 Å². The number of hydrogen-bond acceptors (Lipinski definition) is 6. The highest BCUT2D eigenvalue weighted by atomic mass is 16.5. The quantitative estimate of drug-likeness (QED) is 0.479. The number of carbonyl (C=O) groups is 2. The van der Waals surface area contributed by atoms with Gasteiger partial charge in [-0.2, -0.15) is 0 Å². The van der Waals surface area contributed by atoms with Crippen LogP contribution >= 0.6 is 0 Å². The highest BCUT2D eigenvalue weighted by Crippen LogP contribution is 2.14. The van der Waals surface area contributed by atoms with Crippen LogP contribution in [0.2, 0.25) is 0 Å². The first-order valence-corrected chi connectivity index (χ1v) is 8.80. The number of nitrogens with one attached hydrogen (secondary N) is 2. The fraction of sp³-hybridized carbons (Fsp3) is 0.889. The minimum Gasteiger partial charge on any atom is -0.378 e. The summed E-state index contributed by atoms with van der Waals surface area (Å²) in [6, 6.07) is 0. The summed E-state index contributed by atoms with van der Waals surface area (Å²) < 4.78 is 15.9. The molecule has 0 aromatic rings. The maximum absolute atomic E-state index is 11.6. The Labute approximate surface area is 152 Å². The van der Waals surface area contributed by atoms with Gasteiger partial charge in [0, 0.05) is 24.0 Å². The fourth-order valence-corrected chi connectivity index (χ4v) is 1.59. The molecule has 148 valence electrons. The zero-order valence-corrected chi connectivity index (χ0v) is 16.7. The molecule has 0 bridgehead atoms. The Morgan fingerprint density at radius 2 is 1.32 bits per heavy atom. The van der Waals surface area contributed by atoms with E-state index in [-0.39, 0.29) is 30.4 Å². The summed E-state index contributed by atoms with van der Waals surface area (Å²) in [5, 5.41) is 6.00. The lowest BCUT2D eigenvalue weighted by atomic mass is 9.91.